The van der Waals surface area contributed by atoms with Gasteiger partial charge in [0.1, 0.15) is 0 Å². The number of hydrogen-bond donors (Lipinski definition) is 1. The minimum atomic E-state index is 0.816. The molecule has 0 bridgehead atoms. The molecule has 0 spiro atoms. The second-order valence-corrected chi connectivity index (χ2v) is 6.88. The van der Waals surface area contributed by atoms with Gasteiger partial charge in [-0.05, 0) is 56.8 Å². The van der Waals surface area contributed by atoms with Gasteiger partial charge in [-0.1, -0.05) is 39.5 Å². The number of rotatable bonds is 3. The molecule has 1 unspecified atom stereocenters. The van der Waals surface area contributed by atoms with Gasteiger partial charge in [-0.2, -0.15) is 0 Å². The molecule has 1 aliphatic carbocycles. The zero-order valence-electron chi connectivity index (χ0n) is 12.5. The lowest BCUT2D eigenvalue weighted by atomic mass is 9.81. The molecule has 1 N–H and O–H groups in total. The first-order valence-corrected chi connectivity index (χ1v) is 8.17. The average molecular weight is 252 g/mol. The first kappa shape index (κ1) is 14.3. The van der Waals surface area contributed by atoms with E-state index in [1.165, 1.54) is 71.2 Å². The van der Waals surface area contributed by atoms with Crippen LogP contribution in [0.5, 0.6) is 0 Å². The first-order valence-electron chi connectivity index (χ1n) is 8.17. The van der Waals surface area contributed by atoms with Crippen LogP contribution in [0.15, 0.2) is 0 Å². The number of hydrogen-bond acceptors (Lipinski definition) is 2. The lowest BCUT2D eigenvalue weighted by molar-refractivity contribution is 0.185. The number of nitrogens with one attached hydrogen (secondary N) is 1. The van der Waals surface area contributed by atoms with Gasteiger partial charge in [0.2, 0.25) is 0 Å². The molecule has 106 valence electrons. The van der Waals surface area contributed by atoms with Crippen molar-refractivity contribution in [2.24, 2.45) is 17.8 Å². The van der Waals surface area contributed by atoms with Crippen molar-refractivity contribution in [2.45, 2.75) is 52.4 Å². The maximum absolute atomic E-state index is 3.54. The van der Waals surface area contributed by atoms with E-state index in [0.717, 1.165) is 17.8 Å². The zero-order chi connectivity index (χ0) is 12.8. The summed E-state index contributed by atoms with van der Waals surface area (Å²) in [4.78, 5) is 2.73. The Bertz CT molecular complexity index is 221. The van der Waals surface area contributed by atoms with Crippen LogP contribution in [-0.2, 0) is 0 Å². The fourth-order valence-corrected chi connectivity index (χ4v) is 3.56. The SMILES string of the molecule is CC1CCC(CCN2CCCNCC(C)C2)CC1. The maximum Gasteiger partial charge on any atom is 0.00192 e. The van der Waals surface area contributed by atoms with Crippen molar-refractivity contribution in [1.29, 1.82) is 0 Å². The van der Waals surface area contributed by atoms with Crippen LogP contribution in [0.3, 0.4) is 0 Å². The lowest BCUT2D eigenvalue weighted by Gasteiger charge is -2.31. The van der Waals surface area contributed by atoms with E-state index >= 15 is 0 Å². The highest BCUT2D eigenvalue weighted by Gasteiger charge is 2.19. The van der Waals surface area contributed by atoms with E-state index in [1.807, 2.05) is 0 Å². The Labute approximate surface area is 114 Å². The smallest absolute Gasteiger partial charge is 0.00192 e. The highest BCUT2D eigenvalue weighted by atomic mass is 15.1. The van der Waals surface area contributed by atoms with Gasteiger partial charge in [0.25, 0.3) is 0 Å². The van der Waals surface area contributed by atoms with Crippen molar-refractivity contribution in [3.05, 3.63) is 0 Å². The van der Waals surface area contributed by atoms with Crippen molar-refractivity contribution < 1.29 is 0 Å². The van der Waals surface area contributed by atoms with Gasteiger partial charge in [-0.25, -0.2) is 0 Å². The third-order valence-corrected chi connectivity index (χ3v) is 4.88. The van der Waals surface area contributed by atoms with Gasteiger partial charge in [-0.15, -0.1) is 0 Å². The Hall–Kier alpha value is -0.0800. The van der Waals surface area contributed by atoms with E-state index in [4.69, 9.17) is 0 Å². The highest BCUT2D eigenvalue weighted by Crippen LogP contribution is 2.30. The summed E-state index contributed by atoms with van der Waals surface area (Å²) < 4.78 is 0. The van der Waals surface area contributed by atoms with Crippen LogP contribution in [0.25, 0.3) is 0 Å². The van der Waals surface area contributed by atoms with Crippen molar-refractivity contribution >= 4 is 0 Å². The molecule has 0 aromatic heterocycles. The summed E-state index contributed by atoms with van der Waals surface area (Å²) in [7, 11) is 0. The molecule has 1 saturated heterocycles. The molecule has 0 radical (unpaired) electrons. The largest absolute Gasteiger partial charge is 0.316 e. The quantitative estimate of drug-likeness (QED) is 0.830. The summed E-state index contributed by atoms with van der Waals surface area (Å²) in [5.41, 5.74) is 0. The summed E-state index contributed by atoms with van der Waals surface area (Å²) in [6.07, 6.45) is 8.72. The van der Waals surface area contributed by atoms with Crippen molar-refractivity contribution in [1.82, 2.24) is 10.2 Å². The normalized spacial score (nSPS) is 36.0. The summed E-state index contributed by atoms with van der Waals surface area (Å²) in [5, 5.41) is 3.54. The molecular weight excluding hydrogens is 220 g/mol. The molecule has 1 saturated carbocycles. The number of nitrogens with zero attached hydrogens (tertiary/aromatic N) is 1. The van der Waals surface area contributed by atoms with E-state index in [1.54, 1.807) is 0 Å². The van der Waals surface area contributed by atoms with E-state index in [9.17, 15) is 0 Å². The predicted octanol–water partition coefficient (Wildman–Crippen LogP) is 3.13. The maximum atomic E-state index is 3.54. The van der Waals surface area contributed by atoms with Crippen LogP contribution in [0.2, 0.25) is 0 Å². The Morgan fingerprint density at radius 1 is 1.06 bits per heavy atom. The van der Waals surface area contributed by atoms with Gasteiger partial charge in [0.15, 0.2) is 0 Å². The van der Waals surface area contributed by atoms with Crippen LogP contribution >= 0.6 is 0 Å². The molecule has 18 heavy (non-hydrogen) atoms. The lowest BCUT2D eigenvalue weighted by Crippen LogP contribution is -2.39. The second-order valence-electron chi connectivity index (χ2n) is 6.88. The Balaban J connectivity index is 1.67. The van der Waals surface area contributed by atoms with Gasteiger partial charge in [0, 0.05) is 6.54 Å². The fraction of sp³-hybridized carbons (Fsp3) is 1.00. The Morgan fingerprint density at radius 2 is 1.83 bits per heavy atom. The molecule has 2 aliphatic rings. The molecule has 2 fully saturated rings. The molecule has 0 amide bonds. The van der Waals surface area contributed by atoms with Gasteiger partial charge in [-0.3, -0.25) is 0 Å². The summed E-state index contributed by atoms with van der Waals surface area (Å²) in [6.45, 7) is 11.2. The summed E-state index contributed by atoms with van der Waals surface area (Å²) in [5.74, 6) is 2.84. The summed E-state index contributed by atoms with van der Waals surface area (Å²) in [6, 6.07) is 0. The monoisotopic (exact) mass is 252 g/mol. The molecule has 0 aromatic rings. The minimum Gasteiger partial charge on any atom is -0.316 e. The third kappa shape index (κ3) is 4.89. The molecule has 1 atom stereocenters. The van der Waals surface area contributed by atoms with Crippen LogP contribution in [0, 0.1) is 17.8 Å². The van der Waals surface area contributed by atoms with Crippen LogP contribution in [0.1, 0.15) is 52.4 Å². The van der Waals surface area contributed by atoms with Gasteiger partial charge < -0.3 is 10.2 Å². The molecular formula is C16H32N2. The molecule has 1 aliphatic heterocycles. The zero-order valence-corrected chi connectivity index (χ0v) is 12.5. The fourth-order valence-electron chi connectivity index (χ4n) is 3.56. The van der Waals surface area contributed by atoms with Crippen LogP contribution < -0.4 is 5.32 Å². The first-order chi connectivity index (χ1) is 8.74. The minimum absolute atomic E-state index is 0.816. The topological polar surface area (TPSA) is 15.3 Å². The van der Waals surface area contributed by atoms with Gasteiger partial charge >= 0.3 is 0 Å². The van der Waals surface area contributed by atoms with E-state index in [2.05, 4.69) is 24.1 Å². The molecule has 2 nitrogen and oxygen atoms in total. The van der Waals surface area contributed by atoms with Crippen molar-refractivity contribution in [3.8, 4) is 0 Å². The van der Waals surface area contributed by atoms with Gasteiger partial charge in [0.05, 0.1) is 0 Å². The molecule has 0 aromatic carbocycles. The molecule has 1 heterocycles. The molecule has 2 rings (SSSR count). The summed E-state index contributed by atoms with van der Waals surface area (Å²) >= 11 is 0. The third-order valence-electron chi connectivity index (χ3n) is 4.88. The van der Waals surface area contributed by atoms with Crippen LogP contribution in [-0.4, -0.2) is 37.6 Å². The predicted molar refractivity (Wildman–Crippen MR) is 78.8 cm³/mol. The highest BCUT2D eigenvalue weighted by molar-refractivity contribution is 4.74. The van der Waals surface area contributed by atoms with E-state index < -0.39 is 0 Å². The Morgan fingerprint density at radius 3 is 2.61 bits per heavy atom. The molecule has 2 heteroatoms. The average Bonchev–Trinajstić information content (AvgIpc) is 2.34. The Kier molecular flexibility index (Phi) is 5.97. The van der Waals surface area contributed by atoms with Crippen molar-refractivity contribution in [2.75, 3.05) is 32.7 Å². The van der Waals surface area contributed by atoms with Crippen molar-refractivity contribution in [3.63, 3.8) is 0 Å². The standard InChI is InChI=1S/C16H32N2/c1-14-4-6-16(7-5-14)8-11-18-10-3-9-17-12-15(2)13-18/h14-17H,3-13H2,1-2H3. The van der Waals surface area contributed by atoms with E-state index in [-0.39, 0.29) is 0 Å². The van der Waals surface area contributed by atoms with Crippen LogP contribution in [0.4, 0.5) is 0 Å². The second kappa shape index (κ2) is 7.49. The van der Waals surface area contributed by atoms with E-state index in [0.29, 0.717) is 0 Å².